The van der Waals surface area contributed by atoms with Crippen molar-refractivity contribution in [2.75, 3.05) is 13.2 Å². The lowest BCUT2D eigenvalue weighted by molar-refractivity contribution is 0.117. The molecule has 0 aliphatic heterocycles. The number of aliphatic hydroxyl groups is 2. The number of aliphatic hydroxyl groups excluding tert-OH is 2. The molecule has 19 heavy (non-hydrogen) atoms. The molecular formula is C14H14BrClO2S. The van der Waals surface area contributed by atoms with Gasteiger partial charge in [0.05, 0.1) is 17.6 Å². The van der Waals surface area contributed by atoms with Gasteiger partial charge in [0.25, 0.3) is 0 Å². The molecule has 2 nitrogen and oxygen atoms in total. The van der Waals surface area contributed by atoms with Crippen LogP contribution in [0.2, 0.25) is 4.34 Å². The molecule has 0 atom stereocenters. The summed E-state index contributed by atoms with van der Waals surface area (Å²) in [5.74, 6) is 0. The van der Waals surface area contributed by atoms with Crippen LogP contribution >= 0.6 is 38.9 Å². The highest BCUT2D eigenvalue weighted by atomic mass is 79.9. The van der Waals surface area contributed by atoms with E-state index >= 15 is 0 Å². The molecule has 2 rings (SSSR count). The van der Waals surface area contributed by atoms with Crippen LogP contribution in [0.3, 0.4) is 0 Å². The van der Waals surface area contributed by atoms with Gasteiger partial charge in [-0.1, -0.05) is 39.7 Å². The van der Waals surface area contributed by atoms with E-state index in [0.29, 0.717) is 10.8 Å². The van der Waals surface area contributed by atoms with E-state index in [1.807, 2.05) is 36.4 Å². The molecule has 0 saturated heterocycles. The highest BCUT2D eigenvalue weighted by Crippen LogP contribution is 2.33. The van der Waals surface area contributed by atoms with Gasteiger partial charge in [0.1, 0.15) is 0 Å². The molecule has 5 heteroatoms. The van der Waals surface area contributed by atoms with Crippen molar-refractivity contribution in [1.29, 1.82) is 0 Å². The molecule has 0 fully saturated rings. The zero-order chi connectivity index (χ0) is 13.9. The van der Waals surface area contributed by atoms with Crippen LogP contribution in [0.4, 0.5) is 0 Å². The van der Waals surface area contributed by atoms with Crippen molar-refractivity contribution in [2.24, 2.45) is 0 Å². The van der Waals surface area contributed by atoms with E-state index in [4.69, 9.17) is 11.6 Å². The van der Waals surface area contributed by atoms with E-state index in [2.05, 4.69) is 15.9 Å². The first-order valence-electron chi connectivity index (χ1n) is 5.81. The highest BCUT2D eigenvalue weighted by molar-refractivity contribution is 9.10. The molecule has 0 radical (unpaired) electrons. The molecule has 2 aromatic rings. The summed E-state index contributed by atoms with van der Waals surface area (Å²) in [6.45, 7) is -0.231. The second-order valence-electron chi connectivity index (χ2n) is 4.49. The SMILES string of the molecule is OCC(CO)(Cc1ccc(Cl)s1)c1cccc(Br)c1. The van der Waals surface area contributed by atoms with Crippen LogP contribution in [0.1, 0.15) is 10.4 Å². The second-order valence-corrected chi connectivity index (χ2v) is 7.20. The zero-order valence-electron chi connectivity index (χ0n) is 10.1. The summed E-state index contributed by atoms with van der Waals surface area (Å²) in [6, 6.07) is 11.5. The van der Waals surface area contributed by atoms with Crippen molar-refractivity contribution >= 4 is 38.9 Å². The Kier molecular flexibility index (Phi) is 5.03. The van der Waals surface area contributed by atoms with Gasteiger partial charge in [-0.05, 0) is 36.2 Å². The second kappa shape index (κ2) is 6.37. The number of rotatable bonds is 5. The number of hydrogen-bond donors (Lipinski definition) is 2. The third kappa shape index (κ3) is 3.38. The van der Waals surface area contributed by atoms with E-state index in [-0.39, 0.29) is 13.2 Å². The minimum absolute atomic E-state index is 0.116. The lowest BCUT2D eigenvalue weighted by atomic mass is 9.78. The van der Waals surface area contributed by atoms with E-state index in [0.717, 1.165) is 14.9 Å². The van der Waals surface area contributed by atoms with Crippen molar-refractivity contribution in [3.63, 3.8) is 0 Å². The minimum atomic E-state index is -0.683. The molecule has 0 aliphatic rings. The third-order valence-corrected chi connectivity index (χ3v) is 4.91. The van der Waals surface area contributed by atoms with Crippen molar-refractivity contribution in [2.45, 2.75) is 11.8 Å². The van der Waals surface area contributed by atoms with Crippen LogP contribution in [0.25, 0.3) is 0 Å². The molecule has 0 amide bonds. The first kappa shape index (κ1) is 15.0. The van der Waals surface area contributed by atoms with Crippen LogP contribution < -0.4 is 0 Å². The van der Waals surface area contributed by atoms with Crippen LogP contribution in [0.15, 0.2) is 40.9 Å². The summed E-state index contributed by atoms with van der Waals surface area (Å²) in [4.78, 5) is 1.05. The Morgan fingerprint density at radius 3 is 2.42 bits per heavy atom. The van der Waals surface area contributed by atoms with Gasteiger partial charge >= 0.3 is 0 Å². The summed E-state index contributed by atoms with van der Waals surface area (Å²) in [5.41, 5.74) is 0.231. The van der Waals surface area contributed by atoms with Gasteiger partial charge in [-0.2, -0.15) is 0 Å². The fourth-order valence-corrected chi connectivity index (χ4v) is 3.68. The fraction of sp³-hybridized carbons (Fsp3) is 0.286. The van der Waals surface area contributed by atoms with Crippen molar-refractivity contribution in [3.05, 3.63) is 55.6 Å². The number of hydrogen-bond acceptors (Lipinski definition) is 3. The Labute approximate surface area is 129 Å². The van der Waals surface area contributed by atoms with Gasteiger partial charge in [0.15, 0.2) is 0 Å². The molecular weight excluding hydrogens is 348 g/mol. The number of halogens is 2. The van der Waals surface area contributed by atoms with Crippen LogP contribution in [-0.2, 0) is 11.8 Å². The summed E-state index contributed by atoms with van der Waals surface area (Å²) in [5, 5.41) is 19.6. The van der Waals surface area contributed by atoms with Gasteiger partial charge in [-0.15, -0.1) is 11.3 Å². The van der Waals surface area contributed by atoms with Crippen molar-refractivity contribution in [1.82, 2.24) is 0 Å². The van der Waals surface area contributed by atoms with E-state index in [9.17, 15) is 10.2 Å². The molecule has 0 spiro atoms. The van der Waals surface area contributed by atoms with Gasteiger partial charge in [-0.25, -0.2) is 0 Å². The molecule has 1 aromatic carbocycles. The smallest absolute Gasteiger partial charge is 0.0931 e. The van der Waals surface area contributed by atoms with Gasteiger partial charge in [-0.3, -0.25) is 0 Å². The molecule has 0 aliphatic carbocycles. The molecule has 0 bridgehead atoms. The standard InChI is InChI=1S/C14H14BrClO2S/c15-11-3-1-2-10(6-11)14(8-17,9-18)7-12-4-5-13(16)19-12/h1-6,17-18H,7-9H2. The number of benzene rings is 1. The third-order valence-electron chi connectivity index (χ3n) is 3.18. The summed E-state index contributed by atoms with van der Waals surface area (Å²) >= 11 is 10.8. The van der Waals surface area contributed by atoms with E-state index in [1.165, 1.54) is 11.3 Å². The Balaban J connectivity index is 2.37. The average Bonchev–Trinajstić information content (AvgIpc) is 2.81. The van der Waals surface area contributed by atoms with Gasteiger partial charge in [0.2, 0.25) is 0 Å². The first-order valence-corrected chi connectivity index (χ1v) is 7.80. The zero-order valence-corrected chi connectivity index (χ0v) is 13.3. The Morgan fingerprint density at radius 2 is 1.89 bits per heavy atom. The molecule has 0 saturated carbocycles. The van der Waals surface area contributed by atoms with Crippen LogP contribution in [0, 0.1) is 0 Å². The Morgan fingerprint density at radius 1 is 1.16 bits per heavy atom. The highest BCUT2D eigenvalue weighted by Gasteiger charge is 2.32. The predicted molar refractivity (Wildman–Crippen MR) is 83.0 cm³/mol. The normalized spacial score (nSPS) is 11.8. The predicted octanol–water partition coefficient (Wildman–Crippen LogP) is 3.63. The minimum Gasteiger partial charge on any atom is -0.395 e. The Bertz CT molecular complexity index is 552. The lowest BCUT2D eigenvalue weighted by Gasteiger charge is -2.30. The summed E-state index contributed by atoms with van der Waals surface area (Å²) < 4.78 is 1.65. The van der Waals surface area contributed by atoms with Crippen LogP contribution in [0.5, 0.6) is 0 Å². The van der Waals surface area contributed by atoms with E-state index in [1.54, 1.807) is 0 Å². The topological polar surface area (TPSA) is 40.5 Å². The van der Waals surface area contributed by atoms with Gasteiger partial charge < -0.3 is 10.2 Å². The molecule has 2 N–H and O–H groups in total. The van der Waals surface area contributed by atoms with Crippen molar-refractivity contribution in [3.8, 4) is 0 Å². The first-order chi connectivity index (χ1) is 9.09. The molecule has 0 unspecified atom stereocenters. The van der Waals surface area contributed by atoms with Crippen LogP contribution in [-0.4, -0.2) is 23.4 Å². The molecule has 1 aromatic heterocycles. The number of thiophene rings is 1. The maximum Gasteiger partial charge on any atom is 0.0931 e. The molecule has 102 valence electrons. The Hall–Kier alpha value is -0.390. The molecule has 1 heterocycles. The maximum atomic E-state index is 9.79. The largest absolute Gasteiger partial charge is 0.395 e. The van der Waals surface area contributed by atoms with Crippen molar-refractivity contribution < 1.29 is 10.2 Å². The van der Waals surface area contributed by atoms with Gasteiger partial charge in [0, 0.05) is 14.8 Å². The maximum absolute atomic E-state index is 9.79. The lowest BCUT2D eigenvalue weighted by Crippen LogP contribution is -2.37. The summed E-state index contributed by atoms with van der Waals surface area (Å²) in [6.07, 6.45) is 0.563. The quantitative estimate of drug-likeness (QED) is 0.854. The van der Waals surface area contributed by atoms with E-state index < -0.39 is 5.41 Å². The fourth-order valence-electron chi connectivity index (χ4n) is 2.05. The monoisotopic (exact) mass is 360 g/mol. The average molecular weight is 362 g/mol. The summed E-state index contributed by atoms with van der Waals surface area (Å²) in [7, 11) is 0.